The van der Waals surface area contributed by atoms with Crippen LogP contribution in [-0.4, -0.2) is 6.54 Å². The lowest BCUT2D eigenvalue weighted by molar-refractivity contribution is -0.667. The van der Waals surface area contributed by atoms with Gasteiger partial charge in [-0.2, -0.15) is 13.2 Å². The van der Waals surface area contributed by atoms with Gasteiger partial charge in [-0.1, -0.05) is 12.1 Å². The van der Waals surface area contributed by atoms with E-state index in [0.29, 0.717) is 0 Å². The Kier molecular flexibility index (Phi) is 5.68. The lowest BCUT2D eigenvalue weighted by atomic mass is 10.1. The normalized spacial score (nSPS) is 10.9. The molecule has 0 fully saturated rings. The average molecular weight is 240 g/mol. The maximum atomic E-state index is 12.2. The Bertz CT molecular complexity index is 282. The minimum absolute atomic E-state index is 0. The van der Waals surface area contributed by atoms with E-state index in [1.807, 2.05) is 12.2 Å². The smallest absolute Gasteiger partial charge is 0.416 e. The van der Waals surface area contributed by atoms with Gasteiger partial charge in [-0.3, -0.25) is 0 Å². The molecule has 1 nitrogen and oxygen atoms in total. The molecule has 0 aromatic heterocycles. The van der Waals surface area contributed by atoms with Gasteiger partial charge >= 0.3 is 6.18 Å². The molecule has 1 rings (SSSR count). The molecule has 0 spiro atoms. The minimum Gasteiger partial charge on any atom is -1.00 e. The topological polar surface area (TPSA) is 16.6 Å². The van der Waals surface area contributed by atoms with E-state index in [1.54, 1.807) is 0 Å². The maximum Gasteiger partial charge on any atom is 0.416 e. The van der Waals surface area contributed by atoms with Gasteiger partial charge in [0.15, 0.2) is 0 Å². The van der Waals surface area contributed by atoms with E-state index in [-0.39, 0.29) is 12.4 Å². The van der Waals surface area contributed by atoms with Gasteiger partial charge < -0.3 is 17.7 Å². The van der Waals surface area contributed by atoms with Crippen LogP contribution in [0.2, 0.25) is 0 Å². The molecule has 1 aromatic carbocycles. The SMILES string of the molecule is CC[NH2+]Cc1ccc(C(F)(F)F)cc1.[Cl-]. The average Bonchev–Trinajstić information content (AvgIpc) is 2.14. The molecule has 1 aromatic rings. The van der Waals surface area contributed by atoms with Crippen molar-refractivity contribution in [2.45, 2.75) is 19.6 Å². The Balaban J connectivity index is 0.00000196. The highest BCUT2D eigenvalue weighted by atomic mass is 35.5. The van der Waals surface area contributed by atoms with E-state index in [0.717, 1.165) is 30.8 Å². The molecule has 5 heteroatoms. The van der Waals surface area contributed by atoms with E-state index in [2.05, 4.69) is 0 Å². The van der Waals surface area contributed by atoms with Crippen molar-refractivity contribution in [3.63, 3.8) is 0 Å². The summed E-state index contributed by atoms with van der Waals surface area (Å²) in [6, 6.07) is 5.29. The molecular weight excluding hydrogens is 227 g/mol. The van der Waals surface area contributed by atoms with Crippen LogP contribution >= 0.6 is 0 Å². The van der Waals surface area contributed by atoms with Crippen molar-refractivity contribution in [2.75, 3.05) is 6.54 Å². The van der Waals surface area contributed by atoms with Crippen molar-refractivity contribution in [3.05, 3.63) is 35.4 Å². The Hall–Kier alpha value is -0.740. The molecule has 0 aliphatic carbocycles. The van der Waals surface area contributed by atoms with Gasteiger partial charge in [0.05, 0.1) is 12.1 Å². The lowest BCUT2D eigenvalue weighted by Crippen LogP contribution is -3.00. The highest BCUT2D eigenvalue weighted by Crippen LogP contribution is 2.28. The first-order valence-electron chi connectivity index (χ1n) is 4.52. The molecule has 86 valence electrons. The van der Waals surface area contributed by atoms with Crippen molar-refractivity contribution in [1.29, 1.82) is 0 Å². The van der Waals surface area contributed by atoms with Gasteiger partial charge in [0.1, 0.15) is 6.54 Å². The largest absolute Gasteiger partial charge is 1.00 e. The zero-order valence-electron chi connectivity index (χ0n) is 8.31. The number of nitrogens with two attached hydrogens (primary N) is 1. The van der Waals surface area contributed by atoms with Crippen molar-refractivity contribution >= 4 is 0 Å². The number of hydrogen-bond donors (Lipinski definition) is 1. The molecule has 0 saturated carbocycles. The third-order valence-electron chi connectivity index (χ3n) is 1.95. The van der Waals surface area contributed by atoms with Crippen LogP contribution in [0.5, 0.6) is 0 Å². The second kappa shape index (κ2) is 5.98. The lowest BCUT2D eigenvalue weighted by Gasteiger charge is -2.06. The fourth-order valence-corrected chi connectivity index (χ4v) is 1.14. The molecule has 0 aliphatic heterocycles. The molecule has 0 heterocycles. The summed E-state index contributed by atoms with van der Waals surface area (Å²) in [5.41, 5.74) is 0.331. The van der Waals surface area contributed by atoms with Crippen LogP contribution in [0.3, 0.4) is 0 Å². The highest BCUT2D eigenvalue weighted by Gasteiger charge is 2.29. The predicted octanol–water partition coefficient (Wildman–Crippen LogP) is -1.21. The third-order valence-corrected chi connectivity index (χ3v) is 1.95. The number of quaternary nitrogens is 1. The molecule has 0 bridgehead atoms. The summed E-state index contributed by atoms with van der Waals surface area (Å²) in [4.78, 5) is 0. The number of alkyl halides is 3. The number of hydrogen-bond acceptors (Lipinski definition) is 0. The summed E-state index contributed by atoms with van der Waals surface area (Å²) >= 11 is 0. The van der Waals surface area contributed by atoms with Crippen LogP contribution in [0, 0.1) is 0 Å². The summed E-state index contributed by atoms with van der Waals surface area (Å²) in [5.74, 6) is 0. The quantitative estimate of drug-likeness (QED) is 0.682. The summed E-state index contributed by atoms with van der Waals surface area (Å²) < 4.78 is 36.5. The van der Waals surface area contributed by atoms with Gasteiger partial charge in [0.2, 0.25) is 0 Å². The van der Waals surface area contributed by atoms with Gasteiger partial charge in [-0.05, 0) is 19.1 Å². The Morgan fingerprint density at radius 1 is 1.13 bits per heavy atom. The molecule has 0 unspecified atom stereocenters. The first-order valence-corrected chi connectivity index (χ1v) is 4.52. The standard InChI is InChI=1S/C10H12F3N.ClH/c1-2-14-7-8-3-5-9(6-4-8)10(11,12)13;/h3-6,14H,2,7H2,1H3;1H. The molecule has 0 saturated heterocycles. The second-order valence-electron chi connectivity index (χ2n) is 3.10. The summed E-state index contributed by atoms with van der Waals surface area (Å²) in [6.07, 6.45) is -4.23. The third kappa shape index (κ3) is 4.53. The molecule has 15 heavy (non-hydrogen) atoms. The van der Waals surface area contributed by atoms with Crippen molar-refractivity contribution in [1.82, 2.24) is 0 Å². The zero-order valence-corrected chi connectivity index (χ0v) is 9.07. The van der Waals surface area contributed by atoms with Crippen LogP contribution in [-0.2, 0) is 12.7 Å². The number of benzene rings is 1. The Labute approximate surface area is 93.1 Å². The first kappa shape index (κ1) is 14.3. The van der Waals surface area contributed by atoms with Crippen LogP contribution in [0.25, 0.3) is 0 Å². The van der Waals surface area contributed by atoms with Crippen molar-refractivity contribution in [2.24, 2.45) is 0 Å². The highest BCUT2D eigenvalue weighted by molar-refractivity contribution is 5.23. The number of rotatable bonds is 3. The zero-order chi connectivity index (χ0) is 10.6. The van der Waals surface area contributed by atoms with Crippen LogP contribution < -0.4 is 17.7 Å². The van der Waals surface area contributed by atoms with Crippen molar-refractivity contribution in [3.8, 4) is 0 Å². The van der Waals surface area contributed by atoms with Crippen LogP contribution in [0.4, 0.5) is 13.2 Å². The Morgan fingerprint density at radius 2 is 1.67 bits per heavy atom. The van der Waals surface area contributed by atoms with Gasteiger partial charge in [0.25, 0.3) is 0 Å². The number of halogens is 4. The molecule has 0 radical (unpaired) electrons. The maximum absolute atomic E-state index is 12.2. The molecule has 0 amide bonds. The summed E-state index contributed by atoms with van der Waals surface area (Å²) in [5, 5.41) is 2.03. The van der Waals surface area contributed by atoms with E-state index in [1.165, 1.54) is 12.1 Å². The fraction of sp³-hybridized carbons (Fsp3) is 0.400. The monoisotopic (exact) mass is 239 g/mol. The predicted molar refractivity (Wildman–Crippen MR) is 47.6 cm³/mol. The molecule has 0 atom stereocenters. The van der Waals surface area contributed by atoms with Crippen molar-refractivity contribution < 1.29 is 30.9 Å². The molecule has 2 N–H and O–H groups in total. The minimum atomic E-state index is -4.23. The molecular formula is C10H13ClF3N. The van der Waals surface area contributed by atoms with E-state index >= 15 is 0 Å². The molecule has 0 aliphatic rings. The van der Waals surface area contributed by atoms with Gasteiger partial charge in [-0.15, -0.1) is 0 Å². The summed E-state index contributed by atoms with van der Waals surface area (Å²) in [7, 11) is 0. The van der Waals surface area contributed by atoms with Crippen LogP contribution in [0.15, 0.2) is 24.3 Å². The fourth-order valence-electron chi connectivity index (χ4n) is 1.14. The van der Waals surface area contributed by atoms with E-state index in [9.17, 15) is 13.2 Å². The van der Waals surface area contributed by atoms with E-state index < -0.39 is 11.7 Å². The van der Waals surface area contributed by atoms with Gasteiger partial charge in [-0.25, -0.2) is 0 Å². The van der Waals surface area contributed by atoms with Gasteiger partial charge in [0, 0.05) is 5.56 Å². The second-order valence-corrected chi connectivity index (χ2v) is 3.10. The summed E-state index contributed by atoms with van der Waals surface area (Å²) in [6.45, 7) is 3.67. The first-order chi connectivity index (χ1) is 6.54. The van der Waals surface area contributed by atoms with Crippen LogP contribution in [0.1, 0.15) is 18.1 Å². The van der Waals surface area contributed by atoms with E-state index in [4.69, 9.17) is 0 Å². The Morgan fingerprint density at radius 3 is 2.07 bits per heavy atom.